The van der Waals surface area contributed by atoms with E-state index >= 15 is 0 Å². The van der Waals surface area contributed by atoms with Crippen LogP contribution in [0, 0.1) is 25.7 Å². The van der Waals surface area contributed by atoms with E-state index in [9.17, 15) is 0 Å². The summed E-state index contributed by atoms with van der Waals surface area (Å²) in [4.78, 5) is 0. The first-order valence-corrected chi connectivity index (χ1v) is 13.4. The van der Waals surface area contributed by atoms with Gasteiger partial charge in [-0.25, -0.2) is 0 Å². The van der Waals surface area contributed by atoms with Gasteiger partial charge >= 0.3 is 229 Å². The maximum atomic E-state index is 2.44. The molecule has 0 heterocycles. The molecule has 0 radical (unpaired) electrons. The molecule has 0 aliphatic rings. The molecule has 0 saturated carbocycles. The molecule has 0 saturated heterocycles. The van der Waals surface area contributed by atoms with Crippen molar-refractivity contribution in [2.75, 3.05) is 0 Å². The van der Waals surface area contributed by atoms with E-state index in [-0.39, 0.29) is 8.18 Å². The summed E-state index contributed by atoms with van der Waals surface area (Å²) in [5, 5.41) is 0. The van der Waals surface area contributed by atoms with Crippen LogP contribution in [0.3, 0.4) is 0 Å². The Balaban J connectivity index is 2.06. The van der Waals surface area contributed by atoms with Crippen LogP contribution in [-0.2, 0) is 8.18 Å². The molecule has 4 atom stereocenters. The molecule has 3 aromatic rings. The molecule has 0 N–H and O–H groups in total. The van der Waals surface area contributed by atoms with Gasteiger partial charge in [0.15, 0.2) is 0 Å². The second-order valence-electron chi connectivity index (χ2n) is 11.4. The van der Waals surface area contributed by atoms with Crippen LogP contribution in [0.2, 0.25) is 0 Å². The quantitative estimate of drug-likeness (QED) is 0.281. The first kappa shape index (κ1) is 27.4. The zero-order valence-electron chi connectivity index (χ0n) is 22.9. The van der Waals surface area contributed by atoms with Gasteiger partial charge in [0.25, 0.3) is 0 Å². The Hall–Kier alpha value is -1.15. The van der Waals surface area contributed by atoms with Gasteiger partial charge in [-0.3, -0.25) is 0 Å². The number of hydrogen-bond acceptors (Lipinski definition) is 0. The number of hydrogen-bond donors (Lipinski definition) is 0. The minimum atomic E-state index is 0.0125. The van der Waals surface area contributed by atoms with Crippen LogP contribution in [0.15, 0.2) is 72.8 Å². The van der Waals surface area contributed by atoms with E-state index < -0.39 is 0 Å². The summed E-state index contributed by atoms with van der Waals surface area (Å²) >= 11 is 4.88. The van der Waals surface area contributed by atoms with Gasteiger partial charge in [-0.2, -0.15) is 0 Å². The van der Waals surface area contributed by atoms with Gasteiger partial charge in [-0.15, -0.1) is 0 Å². The number of aryl methyl sites for hydroxylation is 2. The number of benzene rings is 3. The van der Waals surface area contributed by atoms with E-state index in [0.717, 1.165) is 12.8 Å². The number of rotatable bonds is 10. The van der Waals surface area contributed by atoms with Gasteiger partial charge < -0.3 is 0 Å². The molecule has 0 aliphatic heterocycles. The zero-order valence-corrected chi connectivity index (χ0v) is 22.9. The molecule has 3 aromatic carbocycles. The first-order chi connectivity index (χ1) is 16.1. The van der Waals surface area contributed by atoms with Crippen molar-refractivity contribution in [1.29, 1.82) is 0 Å². The molecule has 0 nitrogen and oxygen atoms in total. The van der Waals surface area contributed by atoms with Gasteiger partial charge in [0.1, 0.15) is 0 Å². The van der Waals surface area contributed by atoms with Crippen LogP contribution < -0.4 is 0 Å². The van der Waals surface area contributed by atoms with E-state index in [0.29, 0.717) is 11.8 Å². The van der Waals surface area contributed by atoms with Crippen LogP contribution in [0.5, 0.6) is 0 Å². The summed E-state index contributed by atoms with van der Waals surface area (Å²) in [7, 11) is 0. The van der Waals surface area contributed by atoms with E-state index in [1.807, 2.05) is 0 Å². The van der Waals surface area contributed by atoms with Crippen molar-refractivity contribution in [3.63, 3.8) is 0 Å². The summed E-state index contributed by atoms with van der Waals surface area (Å²) in [6.45, 7) is 13.8. The van der Waals surface area contributed by atoms with E-state index in [4.69, 9.17) is 0 Å². The van der Waals surface area contributed by atoms with Crippen molar-refractivity contribution in [1.82, 2.24) is 0 Å². The van der Waals surface area contributed by atoms with Crippen molar-refractivity contribution in [3.05, 3.63) is 106 Å². The normalized spacial score (nSPS) is 17.0. The topological polar surface area (TPSA) is 0 Å². The Morgan fingerprint density at radius 2 is 0.765 bits per heavy atom. The second kappa shape index (κ2) is 11.7. The third-order valence-corrected chi connectivity index (χ3v) is 8.44. The van der Waals surface area contributed by atoms with Crippen LogP contribution in [0.1, 0.15) is 86.8 Å². The van der Waals surface area contributed by atoms with Crippen molar-refractivity contribution in [2.24, 2.45) is 11.8 Å². The predicted molar refractivity (Wildman–Crippen MR) is 150 cm³/mol. The Bertz CT molecular complexity index is 949. The minimum absolute atomic E-state index is 0.0125. The van der Waals surface area contributed by atoms with Gasteiger partial charge in [0.05, 0.1) is 0 Å². The first-order valence-electron chi connectivity index (χ1n) is 13.4. The average molecular weight is 439 g/mol. The third-order valence-electron chi connectivity index (χ3n) is 8.44. The second-order valence-corrected chi connectivity index (χ2v) is 11.4. The summed E-state index contributed by atoms with van der Waals surface area (Å²) in [6, 6.07) is 28.1. The van der Waals surface area contributed by atoms with Crippen LogP contribution in [0.4, 0.5) is 0 Å². The molecular formula is C32H40Li2. The fourth-order valence-electron chi connectivity index (χ4n) is 5.54. The molecular weight excluding hydrogens is 398 g/mol. The molecule has 0 aliphatic carbocycles. The van der Waals surface area contributed by atoms with Crippen LogP contribution in [0.25, 0.3) is 0 Å². The Labute approximate surface area is 227 Å². The molecule has 0 fully saturated rings. The van der Waals surface area contributed by atoms with Crippen molar-refractivity contribution < 1.29 is 0 Å². The van der Waals surface area contributed by atoms with E-state index in [1.54, 1.807) is 0 Å². The summed E-state index contributed by atoms with van der Waals surface area (Å²) in [5.41, 5.74) is 8.34. The van der Waals surface area contributed by atoms with Gasteiger partial charge in [-0.1, -0.05) is 0 Å². The summed E-state index contributed by atoms with van der Waals surface area (Å²) in [5.74, 6) is 1.35. The zero-order chi connectivity index (χ0) is 24.9. The van der Waals surface area contributed by atoms with Gasteiger partial charge in [-0.05, 0) is 0 Å². The molecule has 34 heavy (non-hydrogen) atoms. The van der Waals surface area contributed by atoms with Gasteiger partial charge in [0, 0.05) is 0 Å². The monoisotopic (exact) mass is 438 g/mol. The van der Waals surface area contributed by atoms with Crippen LogP contribution in [-0.4, -0.2) is 35.4 Å². The van der Waals surface area contributed by atoms with Crippen molar-refractivity contribution in [2.45, 2.75) is 75.4 Å². The standard InChI is InChI=1S/C32H40.2Li/c1-7-23(3)21-31(27-13-9-25(5)10-14-27)29-17-19-30(20-18-29)32(22-24(4)8-2)28-15-11-26(6)12-16-28;;/h9-20,23-24H,7-8,21-22H2,1-6H3;;. The Kier molecular flexibility index (Phi) is 9.46. The molecule has 0 spiro atoms. The van der Waals surface area contributed by atoms with Crippen LogP contribution >= 0.6 is 0 Å². The van der Waals surface area contributed by atoms with E-state index in [1.165, 1.54) is 46.2 Å². The molecule has 4 unspecified atom stereocenters. The Morgan fingerprint density at radius 1 is 0.529 bits per heavy atom. The van der Waals surface area contributed by atoms with Crippen molar-refractivity contribution in [3.8, 4) is 0 Å². The Morgan fingerprint density at radius 3 is 1.00 bits per heavy atom. The molecule has 0 amide bonds. The summed E-state index contributed by atoms with van der Waals surface area (Å²) < 4.78 is 0.0251. The van der Waals surface area contributed by atoms with Gasteiger partial charge in [0.2, 0.25) is 0 Å². The van der Waals surface area contributed by atoms with Crippen molar-refractivity contribution >= 4 is 35.4 Å². The molecule has 0 bridgehead atoms. The maximum absolute atomic E-state index is 2.44. The molecule has 0 aromatic heterocycles. The fraction of sp³-hybridized carbons (Fsp3) is 0.438. The fourth-order valence-corrected chi connectivity index (χ4v) is 5.54. The SMILES string of the molecule is [Li][C](CC(C)CC)(c1ccc(C)cc1)c1ccc([C]([Li])(CC(C)CC)c2ccc(C)cc2)cc1. The average Bonchev–Trinajstić information content (AvgIpc) is 2.84. The third kappa shape index (κ3) is 6.15. The molecule has 3 rings (SSSR count). The predicted octanol–water partition coefficient (Wildman–Crippen LogP) is 8.00. The molecule has 2 heteroatoms. The summed E-state index contributed by atoms with van der Waals surface area (Å²) in [6.07, 6.45) is 4.74. The van der Waals surface area contributed by atoms with E-state index in [2.05, 4.69) is 150 Å². The molecule has 170 valence electrons.